The topological polar surface area (TPSA) is 39.7 Å². The van der Waals surface area contributed by atoms with E-state index in [1.54, 1.807) is 14.2 Å². The highest BCUT2D eigenvalue weighted by molar-refractivity contribution is 6.18. The van der Waals surface area contributed by atoms with Gasteiger partial charge in [-0.15, -0.1) is 11.6 Å². The number of rotatable bonds is 4. The second-order valence-electron chi connectivity index (χ2n) is 3.81. The van der Waals surface area contributed by atoms with Gasteiger partial charge >= 0.3 is 0 Å². The van der Waals surface area contributed by atoms with Crippen molar-refractivity contribution in [1.29, 1.82) is 0 Å². The fraction of sp³-hybridized carbons (Fsp3) is 0.500. The summed E-state index contributed by atoms with van der Waals surface area (Å²) in [6, 6.07) is 5.66. The van der Waals surface area contributed by atoms with Gasteiger partial charge in [0.05, 0.1) is 20.3 Å². The van der Waals surface area contributed by atoms with Crippen LogP contribution in [0.3, 0.4) is 0 Å². The molecular weight excluding hydrogens is 242 g/mol. The Kier molecular flexibility index (Phi) is 4.10. The van der Waals surface area contributed by atoms with E-state index >= 15 is 0 Å². The van der Waals surface area contributed by atoms with E-state index in [0.29, 0.717) is 5.88 Å². The van der Waals surface area contributed by atoms with Crippen molar-refractivity contribution in [3.05, 3.63) is 23.8 Å². The molecular formula is C12H16ClNO3. The van der Waals surface area contributed by atoms with Gasteiger partial charge in [-0.25, -0.2) is 0 Å². The molecule has 1 aliphatic heterocycles. The zero-order valence-electron chi connectivity index (χ0n) is 9.90. The minimum Gasteiger partial charge on any atom is -0.497 e. The summed E-state index contributed by atoms with van der Waals surface area (Å²) in [4.78, 5) is 0. The number of hydrogen-bond acceptors (Lipinski definition) is 4. The second kappa shape index (κ2) is 5.58. The molecule has 1 aromatic carbocycles. The van der Waals surface area contributed by atoms with Gasteiger partial charge in [0.15, 0.2) is 0 Å². The highest BCUT2D eigenvalue weighted by atomic mass is 35.5. The van der Waals surface area contributed by atoms with E-state index in [4.69, 9.17) is 25.8 Å². The van der Waals surface area contributed by atoms with Crippen LogP contribution >= 0.6 is 11.6 Å². The van der Waals surface area contributed by atoms with Gasteiger partial charge in [-0.3, -0.25) is 5.32 Å². The first-order valence-corrected chi connectivity index (χ1v) is 5.98. The molecule has 2 atom stereocenters. The van der Waals surface area contributed by atoms with Crippen molar-refractivity contribution in [3.63, 3.8) is 0 Å². The van der Waals surface area contributed by atoms with Gasteiger partial charge in [0.25, 0.3) is 0 Å². The lowest BCUT2D eigenvalue weighted by molar-refractivity contribution is 0.0512. The SMILES string of the molecule is COc1ccc(C2NCC(CCl)O2)c(OC)c1. The maximum atomic E-state index is 5.77. The van der Waals surface area contributed by atoms with Crippen molar-refractivity contribution in [2.24, 2.45) is 0 Å². The molecule has 0 spiro atoms. The number of nitrogens with one attached hydrogen (secondary N) is 1. The Labute approximate surface area is 106 Å². The summed E-state index contributed by atoms with van der Waals surface area (Å²) in [5, 5.41) is 3.26. The number of benzene rings is 1. The van der Waals surface area contributed by atoms with Crippen LogP contribution in [0.1, 0.15) is 11.8 Å². The van der Waals surface area contributed by atoms with Crippen LogP contribution in [-0.4, -0.2) is 32.7 Å². The first kappa shape index (κ1) is 12.5. The lowest BCUT2D eigenvalue weighted by Gasteiger charge is -2.16. The van der Waals surface area contributed by atoms with E-state index in [2.05, 4.69) is 5.32 Å². The molecule has 0 aromatic heterocycles. The van der Waals surface area contributed by atoms with Crippen LogP contribution < -0.4 is 14.8 Å². The van der Waals surface area contributed by atoms with Crippen LogP contribution in [0.2, 0.25) is 0 Å². The summed E-state index contributed by atoms with van der Waals surface area (Å²) in [5.74, 6) is 2.00. The molecule has 1 heterocycles. The van der Waals surface area contributed by atoms with Crippen LogP contribution in [-0.2, 0) is 4.74 Å². The van der Waals surface area contributed by atoms with E-state index in [0.717, 1.165) is 23.6 Å². The molecule has 5 heteroatoms. The van der Waals surface area contributed by atoms with Crippen molar-refractivity contribution in [2.75, 3.05) is 26.6 Å². The molecule has 2 rings (SSSR count). The summed E-state index contributed by atoms with van der Waals surface area (Å²) in [7, 11) is 3.26. The summed E-state index contributed by atoms with van der Waals surface area (Å²) in [6.07, 6.45) is -0.118. The molecule has 0 saturated carbocycles. The molecule has 0 amide bonds. The maximum absolute atomic E-state index is 5.77. The number of halogens is 1. The number of ether oxygens (including phenoxy) is 3. The van der Waals surface area contributed by atoms with E-state index in [-0.39, 0.29) is 12.3 Å². The van der Waals surface area contributed by atoms with E-state index < -0.39 is 0 Å². The summed E-state index contributed by atoms with van der Waals surface area (Å²) in [6.45, 7) is 0.753. The van der Waals surface area contributed by atoms with Gasteiger partial charge in [-0.2, -0.15) is 0 Å². The van der Waals surface area contributed by atoms with Crippen LogP contribution in [0, 0.1) is 0 Å². The molecule has 1 aromatic rings. The Balaban J connectivity index is 2.20. The second-order valence-corrected chi connectivity index (χ2v) is 4.12. The third-order valence-electron chi connectivity index (χ3n) is 2.75. The molecule has 17 heavy (non-hydrogen) atoms. The van der Waals surface area contributed by atoms with Gasteiger partial charge in [0.1, 0.15) is 17.7 Å². The van der Waals surface area contributed by atoms with E-state index in [9.17, 15) is 0 Å². The van der Waals surface area contributed by atoms with Crippen molar-refractivity contribution in [1.82, 2.24) is 5.32 Å². The minimum atomic E-state index is -0.167. The van der Waals surface area contributed by atoms with Gasteiger partial charge in [-0.1, -0.05) is 0 Å². The Morgan fingerprint density at radius 2 is 2.24 bits per heavy atom. The van der Waals surface area contributed by atoms with Gasteiger partial charge in [-0.05, 0) is 12.1 Å². The van der Waals surface area contributed by atoms with Gasteiger partial charge in [0.2, 0.25) is 0 Å². The smallest absolute Gasteiger partial charge is 0.138 e. The summed E-state index contributed by atoms with van der Waals surface area (Å²) >= 11 is 5.77. The Hall–Kier alpha value is -0.970. The maximum Gasteiger partial charge on any atom is 0.138 e. The van der Waals surface area contributed by atoms with Crippen molar-refractivity contribution >= 4 is 11.6 Å². The predicted molar refractivity (Wildman–Crippen MR) is 65.9 cm³/mol. The van der Waals surface area contributed by atoms with E-state index in [1.807, 2.05) is 18.2 Å². The Bertz CT molecular complexity index is 386. The quantitative estimate of drug-likeness (QED) is 0.837. The fourth-order valence-corrected chi connectivity index (χ4v) is 2.02. The first-order valence-electron chi connectivity index (χ1n) is 5.45. The lowest BCUT2D eigenvalue weighted by atomic mass is 10.1. The normalized spacial score (nSPS) is 23.7. The third-order valence-corrected chi connectivity index (χ3v) is 3.10. The molecule has 0 bridgehead atoms. The highest BCUT2D eigenvalue weighted by Gasteiger charge is 2.27. The van der Waals surface area contributed by atoms with Crippen LogP contribution in [0.4, 0.5) is 0 Å². The minimum absolute atomic E-state index is 0.0495. The molecule has 1 saturated heterocycles. The highest BCUT2D eigenvalue weighted by Crippen LogP contribution is 2.32. The molecule has 2 unspecified atom stereocenters. The standard InChI is InChI=1S/C12H16ClNO3/c1-15-8-3-4-10(11(5-8)16-2)12-14-7-9(6-13)17-12/h3-5,9,12,14H,6-7H2,1-2H3. The molecule has 94 valence electrons. The lowest BCUT2D eigenvalue weighted by Crippen LogP contribution is -2.16. The summed E-state index contributed by atoms with van der Waals surface area (Å²) in [5.41, 5.74) is 0.959. The fourth-order valence-electron chi connectivity index (χ4n) is 1.84. The molecule has 4 nitrogen and oxygen atoms in total. The average molecular weight is 258 g/mol. The number of methoxy groups -OCH3 is 2. The zero-order chi connectivity index (χ0) is 12.3. The first-order chi connectivity index (χ1) is 8.28. The van der Waals surface area contributed by atoms with Crippen molar-refractivity contribution in [2.45, 2.75) is 12.3 Å². The van der Waals surface area contributed by atoms with Crippen LogP contribution in [0.5, 0.6) is 11.5 Å². The van der Waals surface area contributed by atoms with E-state index in [1.165, 1.54) is 0 Å². The third kappa shape index (κ3) is 2.65. The molecule has 1 aliphatic rings. The molecule has 1 N–H and O–H groups in total. The monoisotopic (exact) mass is 257 g/mol. The molecule has 1 fully saturated rings. The van der Waals surface area contributed by atoms with Crippen molar-refractivity contribution < 1.29 is 14.2 Å². The van der Waals surface area contributed by atoms with Crippen LogP contribution in [0.25, 0.3) is 0 Å². The Morgan fingerprint density at radius 3 is 2.82 bits per heavy atom. The van der Waals surface area contributed by atoms with Crippen molar-refractivity contribution in [3.8, 4) is 11.5 Å². The summed E-state index contributed by atoms with van der Waals surface area (Å²) < 4.78 is 16.2. The molecule has 0 aliphatic carbocycles. The average Bonchev–Trinajstić information content (AvgIpc) is 2.86. The molecule has 0 radical (unpaired) electrons. The Morgan fingerprint density at radius 1 is 1.41 bits per heavy atom. The predicted octanol–water partition coefficient (Wildman–Crippen LogP) is 1.93. The van der Waals surface area contributed by atoms with Gasteiger partial charge < -0.3 is 14.2 Å². The number of hydrogen-bond donors (Lipinski definition) is 1. The zero-order valence-corrected chi connectivity index (χ0v) is 10.7. The number of alkyl halides is 1. The van der Waals surface area contributed by atoms with Gasteiger partial charge in [0, 0.05) is 24.1 Å². The van der Waals surface area contributed by atoms with Crippen LogP contribution in [0.15, 0.2) is 18.2 Å². The largest absolute Gasteiger partial charge is 0.497 e.